The molecule has 0 unspecified atom stereocenters. The average molecular weight is 162 g/mol. The molecule has 0 fully saturated rings. The molecule has 0 radical (unpaired) electrons. The Hall–Kier alpha value is -0.540. The summed E-state index contributed by atoms with van der Waals surface area (Å²) in [4.78, 5) is 8.00. The van der Waals surface area contributed by atoms with Gasteiger partial charge in [-0.1, -0.05) is 0 Å². The summed E-state index contributed by atoms with van der Waals surface area (Å²) in [5.41, 5.74) is 0. The number of carbonyl (C=O) groups excluding carboxylic acids is 1. The van der Waals surface area contributed by atoms with E-state index in [0.29, 0.717) is 0 Å². The fourth-order valence-electron chi connectivity index (χ4n) is 0. The lowest BCUT2D eigenvalue weighted by atomic mass is 11.9. The van der Waals surface area contributed by atoms with Gasteiger partial charge in [-0.25, -0.2) is 0 Å². The molecule has 0 aliphatic rings. The van der Waals surface area contributed by atoms with Crippen molar-refractivity contribution < 1.29 is 22.3 Å². The second kappa shape index (κ2) is 10.4. The number of quaternary nitrogens is 2. The van der Waals surface area contributed by atoms with E-state index in [0.717, 1.165) is 0 Å². The Bertz CT molecular complexity index is 109. The Morgan fingerprint density at radius 3 is 1.00 bits per heavy atom. The van der Waals surface area contributed by atoms with E-state index >= 15 is 0 Å². The lowest BCUT2D eigenvalue weighted by Gasteiger charge is -2.06. The van der Waals surface area contributed by atoms with Crippen molar-refractivity contribution in [3.05, 3.63) is 0 Å². The van der Waals surface area contributed by atoms with E-state index in [-0.39, 0.29) is 12.3 Å². The molecular formula is CH10N2O5S. The number of hydrogen-bond acceptors (Lipinski definition) is 5. The van der Waals surface area contributed by atoms with Crippen LogP contribution in [0.2, 0.25) is 0 Å². The van der Waals surface area contributed by atoms with Gasteiger partial charge in [0.05, 0.1) is 0 Å². The highest BCUT2D eigenvalue weighted by molar-refractivity contribution is 7.79. The van der Waals surface area contributed by atoms with Gasteiger partial charge in [-0.15, -0.1) is 0 Å². The van der Waals surface area contributed by atoms with Crippen molar-refractivity contribution >= 4 is 17.2 Å². The summed E-state index contributed by atoms with van der Waals surface area (Å²) in [7, 11) is -5.17. The van der Waals surface area contributed by atoms with Gasteiger partial charge >= 0.3 is 0 Å². The molecular weight excluding hydrogens is 152 g/mol. The molecule has 0 aromatic heterocycles. The van der Waals surface area contributed by atoms with E-state index in [4.69, 9.17) is 22.3 Å². The molecule has 0 heterocycles. The van der Waals surface area contributed by atoms with Crippen molar-refractivity contribution in [2.45, 2.75) is 0 Å². The SMILES string of the molecule is C=O.O=S(=O)([O-])[O-].[NH4+].[NH4+]. The van der Waals surface area contributed by atoms with E-state index in [1.54, 1.807) is 0 Å². The summed E-state index contributed by atoms with van der Waals surface area (Å²) < 4.78 is 34.1. The molecule has 7 nitrogen and oxygen atoms in total. The Balaban J connectivity index is -0.0000000286. The van der Waals surface area contributed by atoms with Gasteiger partial charge in [-0.05, 0) is 0 Å². The van der Waals surface area contributed by atoms with Crippen molar-refractivity contribution in [3.8, 4) is 0 Å². The van der Waals surface area contributed by atoms with E-state index in [9.17, 15) is 0 Å². The van der Waals surface area contributed by atoms with Crippen LogP contribution in [0.5, 0.6) is 0 Å². The van der Waals surface area contributed by atoms with Gasteiger partial charge in [0.15, 0.2) is 0 Å². The predicted molar refractivity (Wildman–Crippen MR) is 29.6 cm³/mol. The smallest absolute Gasteiger partial charge is 0.106 e. The van der Waals surface area contributed by atoms with Crippen molar-refractivity contribution in [1.29, 1.82) is 0 Å². The normalized spacial score (nSPS) is 6.89. The topological polar surface area (TPSA) is 170 Å². The van der Waals surface area contributed by atoms with Gasteiger partial charge in [0.25, 0.3) is 0 Å². The first-order valence-corrected chi connectivity index (χ1v) is 2.29. The maximum atomic E-state index is 8.52. The molecule has 0 saturated heterocycles. The Morgan fingerprint density at radius 2 is 1.00 bits per heavy atom. The van der Waals surface area contributed by atoms with Crippen LogP contribution < -0.4 is 12.3 Å². The molecule has 0 spiro atoms. The molecule has 0 aliphatic heterocycles. The summed E-state index contributed by atoms with van der Waals surface area (Å²) in [5, 5.41) is 0. The Morgan fingerprint density at radius 1 is 1.00 bits per heavy atom. The van der Waals surface area contributed by atoms with Gasteiger partial charge in [-0.3, -0.25) is 8.42 Å². The van der Waals surface area contributed by atoms with Crippen molar-refractivity contribution in [2.24, 2.45) is 0 Å². The minimum absolute atomic E-state index is 0. The summed E-state index contributed by atoms with van der Waals surface area (Å²) >= 11 is 0. The molecule has 8 N–H and O–H groups in total. The molecule has 0 saturated carbocycles. The maximum absolute atomic E-state index is 8.52. The highest BCUT2D eigenvalue weighted by atomic mass is 32.3. The number of carbonyl (C=O) groups is 1. The first kappa shape index (κ1) is 23.7. The summed E-state index contributed by atoms with van der Waals surface area (Å²) in [6, 6.07) is 0. The predicted octanol–water partition coefficient (Wildman–Crippen LogP) is -0.770. The molecule has 60 valence electrons. The van der Waals surface area contributed by atoms with Crippen LogP contribution in [0.4, 0.5) is 0 Å². The third-order valence-electron chi connectivity index (χ3n) is 0. The number of rotatable bonds is 0. The van der Waals surface area contributed by atoms with Crippen LogP contribution in [-0.4, -0.2) is 24.3 Å². The zero-order chi connectivity index (χ0) is 6.50. The first-order valence-electron chi connectivity index (χ1n) is 0.955. The number of hydrogen-bond donors (Lipinski definition) is 2. The lowest BCUT2D eigenvalue weighted by Crippen LogP contribution is -1.91. The Kier molecular flexibility index (Phi) is 27.5. The van der Waals surface area contributed by atoms with Crippen molar-refractivity contribution in [1.82, 2.24) is 12.3 Å². The quantitative estimate of drug-likeness (QED) is 0.351. The van der Waals surface area contributed by atoms with Gasteiger partial charge in [-0.2, -0.15) is 0 Å². The van der Waals surface area contributed by atoms with Crippen molar-refractivity contribution in [2.75, 3.05) is 0 Å². The molecule has 0 aromatic rings. The maximum Gasteiger partial charge on any atom is 0.106 e. The summed E-state index contributed by atoms with van der Waals surface area (Å²) in [6.07, 6.45) is 0. The van der Waals surface area contributed by atoms with Gasteiger partial charge in [0.2, 0.25) is 0 Å². The van der Waals surface area contributed by atoms with Crippen LogP contribution in [0, 0.1) is 0 Å². The van der Waals surface area contributed by atoms with Crippen LogP contribution in [0.3, 0.4) is 0 Å². The van der Waals surface area contributed by atoms with Gasteiger partial charge in [0, 0.05) is 10.4 Å². The lowest BCUT2D eigenvalue weighted by molar-refractivity contribution is -0.0979. The molecule has 0 rings (SSSR count). The van der Waals surface area contributed by atoms with Crippen molar-refractivity contribution in [3.63, 3.8) is 0 Å². The van der Waals surface area contributed by atoms with Gasteiger partial charge in [0.1, 0.15) is 6.79 Å². The second-order valence-corrected chi connectivity index (χ2v) is 1.22. The molecule has 0 aliphatic carbocycles. The molecule has 0 bridgehead atoms. The van der Waals surface area contributed by atoms with Crippen LogP contribution >= 0.6 is 0 Å². The van der Waals surface area contributed by atoms with Crippen LogP contribution in [-0.2, 0) is 15.2 Å². The standard InChI is InChI=1S/CH2O.2H3N.H2O4S/c1-2;;;1-5(2,3)4/h1H2;2*1H3;(H2,1,2,3,4). The molecule has 8 heteroatoms. The fourth-order valence-corrected chi connectivity index (χ4v) is 0. The molecule has 0 aromatic carbocycles. The van der Waals surface area contributed by atoms with E-state index in [2.05, 4.69) is 0 Å². The minimum Gasteiger partial charge on any atom is -0.759 e. The highest BCUT2D eigenvalue weighted by Crippen LogP contribution is 1.57. The van der Waals surface area contributed by atoms with Crippen LogP contribution in [0.25, 0.3) is 0 Å². The third kappa shape index (κ3) is 763. The van der Waals surface area contributed by atoms with Crippen LogP contribution in [0.15, 0.2) is 0 Å². The summed E-state index contributed by atoms with van der Waals surface area (Å²) in [6.45, 7) is 2.00. The zero-order valence-corrected chi connectivity index (χ0v) is 5.97. The monoisotopic (exact) mass is 162 g/mol. The highest BCUT2D eigenvalue weighted by Gasteiger charge is 1.49. The van der Waals surface area contributed by atoms with Gasteiger partial charge < -0.3 is 26.2 Å². The fraction of sp³-hybridized carbons (Fsp3) is 0. The zero-order valence-electron chi connectivity index (χ0n) is 5.16. The average Bonchev–Trinajstić information content (AvgIpc) is 1.36. The Labute approximate surface area is 52.8 Å². The molecule has 0 amide bonds. The second-order valence-electron chi connectivity index (χ2n) is 0.408. The molecule has 9 heavy (non-hydrogen) atoms. The third-order valence-corrected chi connectivity index (χ3v) is 0. The minimum atomic E-state index is -5.17. The summed E-state index contributed by atoms with van der Waals surface area (Å²) in [5.74, 6) is 0. The van der Waals surface area contributed by atoms with E-state index in [1.165, 1.54) is 0 Å². The first-order chi connectivity index (χ1) is 3.00. The van der Waals surface area contributed by atoms with E-state index in [1.807, 2.05) is 6.79 Å². The largest absolute Gasteiger partial charge is 0.759 e. The molecule has 0 atom stereocenters. The van der Waals surface area contributed by atoms with Crippen LogP contribution in [0.1, 0.15) is 0 Å². The van der Waals surface area contributed by atoms with E-state index < -0.39 is 10.4 Å².